The molecule has 1 aliphatic carbocycles. The molecule has 2 N–H and O–H groups in total. The highest BCUT2D eigenvalue weighted by molar-refractivity contribution is 5.83. The number of nitrogens with two attached hydrogens (primary N) is 1. The van der Waals surface area contributed by atoms with Crippen molar-refractivity contribution in [3.8, 4) is 0 Å². The van der Waals surface area contributed by atoms with Crippen LogP contribution < -0.4 is 5.73 Å². The van der Waals surface area contributed by atoms with Gasteiger partial charge < -0.3 is 5.73 Å². The number of aromatic nitrogens is 2. The number of fused-ring (bicyclic) bond motifs is 1. The summed E-state index contributed by atoms with van der Waals surface area (Å²) >= 11 is 0. The third-order valence-electron chi connectivity index (χ3n) is 4.39. The summed E-state index contributed by atoms with van der Waals surface area (Å²) in [4.78, 5) is 0. The third kappa shape index (κ3) is 1.35. The zero-order chi connectivity index (χ0) is 12.2. The molecule has 2 unspecified atom stereocenters. The van der Waals surface area contributed by atoms with Crippen molar-refractivity contribution in [2.24, 2.45) is 24.1 Å². The number of nitrogens with zero attached hydrogens (tertiary/aromatic N) is 2. The van der Waals surface area contributed by atoms with E-state index < -0.39 is 0 Å². The molecule has 3 nitrogen and oxygen atoms in total. The Morgan fingerprint density at radius 1 is 1.35 bits per heavy atom. The average molecular weight is 229 g/mol. The maximum absolute atomic E-state index is 5.85. The Hall–Kier alpha value is -1.35. The molecule has 17 heavy (non-hydrogen) atoms. The highest BCUT2D eigenvalue weighted by Gasteiger charge is 2.58. The second kappa shape index (κ2) is 3.33. The number of rotatable bonds is 2. The molecule has 2 atom stereocenters. The smallest absolute Gasteiger partial charge is 0.0743 e. The first-order valence-corrected chi connectivity index (χ1v) is 6.19. The van der Waals surface area contributed by atoms with Crippen molar-refractivity contribution in [3.05, 3.63) is 30.0 Å². The summed E-state index contributed by atoms with van der Waals surface area (Å²) in [7, 11) is 2.01. The fourth-order valence-electron chi connectivity index (χ4n) is 3.20. The lowest BCUT2D eigenvalue weighted by molar-refractivity contribution is 0.556. The van der Waals surface area contributed by atoms with Crippen LogP contribution in [0.5, 0.6) is 0 Å². The van der Waals surface area contributed by atoms with Gasteiger partial charge in [-0.3, -0.25) is 4.68 Å². The Balaban J connectivity index is 2.14. The van der Waals surface area contributed by atoms with E-state index in [0.29, 0.717) is 17.3 Å². The highest BCUT2D eigenvalue weighted by Crippen LogP contribution is 2.64. The second-order valence-electron chi connectivity index (χ2n) is 5.67. The van der Waals surface area contributed by atoms with Crippen LogP contribution in [0.3, 0.4) is 0 Å². The summed E-state index contributed by atoms with van der Waals surface area (Å²) in [6, 6.07) is 8.44. The van der Waals surface area contributed by atoms with E-state index in [4.69, 9.17) is 10.8 Å². The van der Waals surface area contributed by atoms with Gasteiger partial charge in [-0.1, -0.05) is 32.0 Å². The Kier molecular flexibility index (Phi) is 2.11. The summed E-state index contributed by atoms with van der Waals surface area (Å²) in [6.45, 7) is 5.33. The molecule has 3 rings (SSSR count). The van der Waals surface area contributed by atoms with Crippen molar-refractivity contribution in [2.45, 2.75) is 19.8 Å². The van der Waals surface area contributed by atoms with Crippen LogP contribution in [-0.2, 0) is 7.05 Å². The van der Waals surface area contributed by atoms with Gasteiger partial charge in [-0.15, -0.1) is 0 Å². The Labute approximate surface area is 102 Å². The van der Waals surface area contributed by atoms with E-state index >= 15 is 0 Å². The van der Waals surface area contributed by atoms with Crippen LogP contribution in [0.25, 0.3) is 10.9 Å². The molecule has 0 bridgehead atoms. The molecule has 0 amide bonds. The molecule has 2 aromatic rings. The van der Waals surface area contributed by atoms with E-state index in [1.165, 1.54) is 16.6 Å². The number of benzene rings is 1. The molecule has 1 fully saturated rings. The fourth-order valence-corrected chi connectivity index (χ4v) is 3.20. The molecular weight excluding hydrogens is 210 g/mol. The van der Waals surface area contributed by atoms with Crippen molar-refractivity contribution >= 4 is 10.9 Å². The quantitative estimate of drug-likeness (QED) is 0.858. The van der Waals surface area contributed by atoms with E-state index in [9.17, 15) is 0 Å². The molecule has 0 aliphatic heterocycles. The van der Waals surface area contributed by atoms with Crippen LogP contribution in [0, 0.1) is 11.3 Å². The Morgan fingerprint density at radius 2 is 2.06 bits per heavy atom. The van der Waals surface area contributed by atoms with Crippen LogP contribution >= 0.6 is 0 Å². The lowest BCUT2D eigenvalue weighted by Gasteiger charge is -1.99. The summed E-state index contributed by atoms with van der Waals surface area (Å²) in [6.07, 6.45) is 0. The molecule has 0 radical (unpaired) electrons. The number of aryl methyl sites for hydroxylation is 1. The van der Waals surface area contributed by atoms with Gasteiger partial charge in [-0.2, -0.15) is 5.10 Å². The summed E-state index contributed by atoms with van der Waals surface area (Å²) in [5.74, 6) is 1.08. The van der Waals surface area contributed by atoms with Gasteiger partial charge in [0.25, 0.3) is 0 Å². The number of hydrogen-bond acceptors (Lipinski definition) is 2. The third-order valence-corrected chi connectivity index (χ3v) is 4.39. The average Bonchev–Trinajstić information content (AvgIpc) is 2.70. The van der Waals surface area contributed by atoms with E-state index in [0.717, 1.165) is 6.54 Å². The molecule has 1 saturated carbocycles. The minimum absolute atomic E-state index is 0.297. The molecule has 1 aliphatic rings. The minimum atomic E-state index is 0.297. The number of hydrogen-bond donors (Lipinski definition) is 1. The maximum Gasteiger partial charge on any atom is 0.0743 e. The highest BCUT2D eigenvalue weighted by atomic mass is 15.3. The first kappa shape index (κ1) is 10.8. The predicted molar refractivity (Wildman–Crippen MR) is 69.8 cm³/mol. The van der Waals surface area contributed by atoms with Gasteiger partial charge in [0.05, 0.1) is 11.2 Å². The van der Waals surface area contributed by atoms with Gasteiger partial charge in [0.2, 0.25) is 0 Å². The van der Waals surface area contributed by atoms with Gasteiger partial charge in [0.15, 0.2) is 0 Å². The molecule has 1 heterocycles. The van der Waals surface area contributed by atoms with Crippen molar-refractivity contribution < 1.29 is 0 Å². The van der Waals surface area contributed by atoms with E-state index in [1.54, 1.807) is 0 Å². The molecule has 0 spiro atoms. The molecule has 90 valence electrons. The fraction of sp³-hybridized carbons (Fsp3) is 0.500. The van der Waals surface area contributed by atoms with Gasteiger partial charge in [0.1, 0.15) is 0 Å². The predicted octanol–water partition coefficient (Wildman–Crippen LogP) is 2.27. The lowest BCUT2D eigenvalue weighted by Crippen LogP contribution is -2.05. The molecule has 1 aromatic heterocycles. The zero-order valence-electron chi connectivity index (χ0n) is 10.6. The zero-order valence-corrected chi connectivity index (χ0v) is 10.6. The van der Waals surface area contributed by atoms with Gasteiger partial charge >= 0.3 is 0 Å². The minimum Gasteiger partial charge on any atom is -0.330 e. The lowest BCUT2D eigenvalue weighted by atomic mass is 10.1. The van der Waals surface area contributed by atoms with Crippen LogP contribution in [0.4, 0.5) is 0 Å². The Bertz CT molecular complexity index is 568. The molecule has 1 aromatic carbocycles. The summed E-state index contributed by atoms with van der Waals surface area (Å²) in [5.41, 5.74) is 8.59. The van der Waals surface area contributed by atoms with E-state index in [-0.39, 0.29) is 0 Å². The standard InChI is InChI=1S/C14H19N3/c1-14(2)10(8-15)12(14)13-9-6-4-5-7-11(9)17(3)16-13/h4-7,10,12H,8,15H2,1-3H3. The topological polar surface area (TPSA) is 43.8 Å². The number of para-hydroxylation sites is 1. The molecule has 0 saturated heterocycles. The first-order chi connectivity index (χ1) is 8.07. The summed E-state index contributed by atoms with van der Waals surface area (Å²) in [5, 5.41) is 5.99. The molecular formula is C14H19N3. The monoisotopic (exact) mass is 229 g/mol. The van der Waals surface area contributed by atoms with Crippen LogP contribution in [0.2, 0.25) is 0 Å². The summed E-state index contributed by atoms with van der Waals surface area (Å²) < 4.78 is 1.98. The Morgan fingerprint density at radius 3 is 2.71 bits per heavy atom. The van der Waals surface area contributed by atoms with Crippen LogP contribution in [-0.4, -0.2) is 16.3 Å². The van der Waals surface area contributed by atoms with Crippen molar-refractivity contribution in [1.29, 1.82) is 0 Å². The largest absolute Gasteiger partial charge is 0.330 e. The van der Waals surface area contributed by atoms with Crippen molar-refractivity contribution in [3.63, 3.8) is 0 Å². The van der Waals surface area contributed by atoms with Crippen molar-refractivity contribution in [2.75, 3.05) is 6.54 Å². The molecule has 3 heteroatoms. The first-order valence-electron chi connectivity index (χ1n) is 6.19. The van der Waals surface area contributed by atoms with Gasteiger partial charge in [-0.05, 0) is 23.9 Å². The maximum atomic E-state index is 5.85. The van der Waals surface area contributed by atoms with Crippen LogP contribution in [0.1, 0.15) is 25.5 Å². The van der Waals surface area contributed by atoms with Gasteiger partial charge in [-0.25, -0.2) is 0 Å². The van der Waals surface area contributed by atoms with E-state index in [2.05, 4.69) is 38.1 Å². The van der Waals surface area contributed by atoms with Gasteiger partial charge in [0, 0.05) is 18.4 Å². The van der Waals surface area contributed by atoms with Crippen LogP contribution in [0.15, 0.2) is 24.3 Å². The SMILES string of the molecule is Cn1nc(C2C(CN)C2(C)C)c2ccccc21. The van der Waals surface area contributed by atoms with E-state index in [1.807, 2.05) is 11.7 Å². The van der Waals surface area contributed by atoms with Crippen molar-refractivity contribution in [1.82, 2.24) is 9.78 Å². The normalized spacial score (nSPS) is 26.4. The second-order valence-corrected chi connectivity index (χ2v) is 5.67.